The van der Waals surface area contributed by atoms with Gasteiger partial charge in [0.15, 0.2) is 0 Å². The lowest BCUT2D eigenvalue weighted by atomic mass is 10.3. The molecule has 0 aliphatic rings. The lowest BCUT2D eigenvalue weighted by Crippen LogP contribution is -2.26. The van der Waals surface area contributed by atoms with Crippen molar-refractivity contribution in [3.8, 4) is 5.69 Å². The van der Waals surface area contributed by atoms with Crippen LogP contribution in [0.3, 0.4) is 0 Å². The Morgan fingerprint density at radius 1 is 1.30 bits per heavy atom. The molecule has 6 heteroatoms. The first-order valence-corrected chi connectivity index (χ1v) is 6.66. The van der Waals surface area contributed by atoms with E-state index in [4.69, 9.17) is 11.6 Å². The molecule has 0 saturated heterocycles. The third kappa shape index (κ3) is 2.49. The fraction of sp³-hybridized carbons (Fsp3) is 0.286. The molecular formula is C14H16ClN3O2. The summed E-state index contributed by atoms with van der Waals surface area (Å²) >= 11 is 5.72. The van der Waals surface area contributed by atoms with Gasteiger partial charge in [-0.1, -0.05) is 18.2 Å². The van der Waals surface area contributed by atoms with E-state index in [1.165, 1.54) is 4.68 Å². The Labute approximate surface area is 121 Å². The van der Waals surface area contributed by atoms with Crippen molar-refractivity contribution in [3.05, 3.63) is 46.4 Å². The highest BCUT2D eigenvalue weighted by atomic mass is 35.5. The minimum atomic E-state index is -0.695. The SMILES string of the molecule is Cc1c(NC(=O)[C@H](C)Cl)c(=O)n(-c2ccccc2)n1C. The highest BCUT2D eigenvalue weighted by Gasteiger charge is 2.19. The lowest BCUT2D eigenvalue weighted by molar-refractivity contribution is -0.115. The van der Waals surface area contributed by atoms with Crippen LogP contribution in [-0.2, 0) is 11.8 Å². The van der Waals surface area contributed by atoms with Gasteiger partial charge < -0.3 is 5.32 Å². The summed E-state index contributed by atoms with van der Waals surface area (Å²) in [7, 11) is 1.77. The summed E-state index contributed by atoms with van der Waals surface area (Å²) in [6.07, 6.45) is 0. The van der Waals surface area contributed by atoms with Gasteiger partial charge in [-0.2, -0.15) is 0 Å². The fourth-order valence-electron chi connectivity index (χ4n) is 1.93. The van der Waals surface area contributed by atoms with Crippen molar-refractivity contribution in [2.24, 2.45) is 7.05 Å². The number of halogens is 1. The van der Waals surface area contributed by atoms with Crippen LogP contribution in [0, 0.1) is 6.92 Å². The molecule has 0 aliphatic heterocycles. The number of carbonyl (C=O) groups excluding carboxylic acids is 1. The number of alkyl halides is 1. The smallest absolute Gasteiger partial charge is 0.295 e. The van der Waals surface area contributed by atoms with E-state index in [0.29, 0.717) is 5.69 Å². The monoisotopic (exact) mass is 293 g/mol. The number of anilines is 1. The second-order valence-corrected chi connectivity index (χ2v) is 5.20. The van der Waals surface area contributed by atoms with Crippen molar-refractivity contribution in [2.45, 2.75) is 19.2 Å². The molecular weight excluding hydrogens is 278 g/mol. The van der Waals surface area contributed by atoms with E-state index >= 15 is 0 Å². The zero-order valence-electron chi connectivity index (χ0n) is 11.6. The van der Waals surface area contributed by atoms with E-state index in [2.05, 4.69) is 5.32 Å². The average Bonchev–Trinajstić information content (AvgIpc) is 2.63. The highest BCUT2D eigenvalue weighted by molar-refractivity contribution is 6.32. The van der Waals surface area contributed by atoms with E-state index < -0.39 is 11.3 Å². The maximum atomic E-state index is 12.5. The second kappa shape index (κ2) is 5.54. The Balaban J connectivity index is 2.53. The average molecular weight is 294 g/mol. The van der Waals surface area contributed by atoms with Crippen LogP contribution in [0.25, 0.3) is 5.69 Å². The Hall–Kier alpha value is -2.01. The molecule has 2 rings (SSSR count). The van der Waals surface area contributed by atoms with Crippen molar-refractivity contribution in [3.63, 3.8) is 0 Å². The lowest BCUT2D eigenvalue weighted by Gasteiger charge is -2.07. The zero-order chi connectivity index (χ0) is 14.9. The first-order valence-electron chi connectivity index (χ1n) is 6.22. The number of nitrogens with one attached hydrogen (secondary N) is 1. The molecule has 0 aliphatic carbocycles. The van der Waals surface area contributed by atoms with Crippen LogP contribution >= 0.6 is 11.6 Å². The van der Waals surface area contributed by atoms with E-state index in [1.54, 1.807) is 25.6 Å². The molecule has 0 unspecified atom stereocenters. The Morgan fingerprint density at radius 3 is 2.45 bits per heavy atom. The molecule has 5 nitrogen and oxygen atoms in total. The van der Waals surface area contributed by atoms with Crippen LogP contribution < -0.4 is 10.9 Å². The number of nitrogens with zero attached hydrogens (tertiary/aromatic N) is 2. The van der Waals surface area contributed by atoms with Crippen LogP contribution in [0.5, 0.6) is 0 Å². The summed E-state index contributed by atoms with van der Waals surface area (Å²) in [6, 6.07) is 9.24. The normalized spacial score (nSPS) is 12.2. The van der Waals surface area contributed by atoms with Gasteiger partial charge in [0.05, 0.1) is 11.4 Å². The topological polar surface area (TPSA) is 56.0 Å². The molecule has 1 amide bonds. The number of aromatic nitrogens is 2. The molecule has 1 heterocycles. The zero-order valence-corrected chi connectivity index (χ0v) is 12.3. The standard InChI is InChI=1S/C14H16ClN3O2/c1-9(15)13(19)16-12-10(2)17(3)18(14(12)20)11-7-5-4-6-8-11/h4-9H,1-3H3,(H,16,19)/t9-/m0/s1. The third-order valence-corrected chi connectivity index (χ3v) is 3.36. The van der Waals surface area contributed by atoms with Gasteiger partial charge in [-0.15, -0.1) is 11.6 Å². The van der Waals surface area contributed by atoms with Crippen molar-refractivity contribution < 1.29 is 4.79 Å². The van der Waals surface area contributed by atoms with Crippen molar-refractivity contribution in [1.29, 1.82) is 0 Å². The van der Waals surface area contributed by atoms with E-state index in [-0.39, 0.29) is 11.2 Å². The number of amides is 1. The number of hydrogen-bond donors (Lipinski definition) is 1. The minimum Gasteiger partial charge on any atom is -0.319 e. The van der Waals surface area contributed by atoms with E-state index in [1.807, 2.05) is 30.3 Å². The molecule has 0 saturated carbocycles. The molecule has 1 aromatic heterocycles. The molecule has 0 fully saturated rings. The maximum Gasteiger partial charge on any atom is 0.295 e. The summed E-state index contributed by atoms with van der Waals surface area (Å²) in [6.45, 7) is 3.33. The number of hydrogen-bond acceptors (Lipinski definition) is 2. The van der Waals surface area contributed by atoms with E-state index in [9.17, 15) is 9.59 Å². The van der Waals surface area contributed by atoms with Gasteiger partial charge in [0.1, 0.15) is 11.1 Å². The number of para-hydroxylation sites is 1. The van der Waals surface area contributed by atoms with Crippen LogP contribution in [-0.4, -0.2) is 20.6 Å². The van der Waals surface area contributed by atoms with Crippen LogP contribution in [0.15, 0.2) is 35.1 Å². The molecule has 0 radical (unpaired) electrons. The maximum absolute atomic E-state index is 12.5. The highest BCUT2D eigenvalue weighted by Crippen LogP contribution is 2.14. The molecule has 20 heavy (non-hydrogen) atoms. The summed E-state index contributed by atoms with van der Waals surface area (Å²) in [5, 5.41) is 1.89. The predicted octanol–water partition coefficient (Wildman–Crippen LogP) is 2.05. The van der Waals surface area contributed by atoms with Crippen molar-refractivity contribution >= 4 is 23.2 Å². The Kier molecular flexibility index (Phi) is 3.99. The third-order valence-electron chi connectivity index (χ3n) is 3.16. The summed E-state index contributed by atoms with van der Waals surface area (Å²) in [4.78, 5) is 24.1. The first kappa shape index (κ1) is 14.4. The first-order chi connectivity index (χ1) is 9.43. The molecule has 1 atom stereocenters. The van der Waals surface area contributed by atoms with Crippen molar-refractivity contribution in [1.82, 2.24) is 9.36 Å². The quantitative estimate of drug-likeness (QED) is 0.881. The summed E-state index contributed by atoms with van der Waals surface area (Å²) < 4.78 is 3.20. The summed E-state index contributed by atoms with van der Waals surface area (Å²) in [5.74, 6) is -0.391. The molecule has 1 aromatic carbocycles. The van der Waals surface area contributed by atoms with Gasteiger partial charge in [-0.05, 0) is 26.0 Å². The Bertz CT molecular complexity index is 686. The van der Waals surface area contributed by atoms with Crippen molar-refractivity contribution in [2.75, 3.05) is 5.32 Å². The minimum absolute atomic E-state index is 0.258. The van der Waals surface area contributed by atoms with Gasteiger partial charge in [0, 0.05) is 7.05 Å². The largest absolute Gasteiger partial charge is 0.319 e. The molecule has 106 valence electrons. The van der Waals surface area contributed by atoms with Gasteiger partial charge in [0.2, 0.25) is 5.91 Å². The summed E-state index contributed by atoms with van der Waals surface area (Å²) in [5.41, 5.74) is 1.39. The Morgan fingerprint density at radius 2 is 1.90 bits per heavy atom. The van der Waals surface area contributed by atoms with Gasteiger partial charge in [-0.25, -0.2) is 4.68 Å². The van der Waals surface area contributed by atoms with Crippen LogP contribution in [0.4, 0.5) is 5.69 Å². The van der Waals surface area contributed by atoms with E-state index in [0.717, 1.165) is 5.69 Å². The molecule has 0 bridgehead atoms. The van der Waals surface area contributed by atoms with Gasteiger partial charge in [0.25, 0.3) is 5.56 Å². The predicted molar refractivity (Wildman–Crippen MR) is 79.7 cm³/mol. The number of carbonyl (C=O) groups is 1. The second-order valence-electron chi connectivity index (χ2n) is 4.54. The number of rotatable bonds is 3. The fourth-order valence-corrected chi connectivity index (χ4v) is 1.99. The van der Waals surface area contributed by atoms with Crippen LogP contribution in [0.2, 0.25) is 0 Å². The molecule has 1 N–H and O–H groups in total. The van der Waals surface area contributed by atoms with Gasteiger partial charge in [-0.3, -0.25) is 14.3 Å². The number of benzene rings is 1. The molecule has 2 aromatic rings. The van der Waals surface area contributed by atoms with Crippen LogP contribution in [0.1, 0.15) is 12.6 Å². The van der Waals surface area contributed by atoms with Gasteiger partial charge >= 0.3 is 0 Å². The molecule has 0 spiro atoms.